The Bertz CT molecular complexity index is 633. The Labute approximate surface area is 118 Å². The first-order valence-corrected chi connectivity index (χ1v) is 7.02. The lowest BCUT2D eigenvalue weighted by Crippen LogP contribution is -2.29. The van der Waals surface area contributed by atoms with Crippen molar-refractivity contribution in [3.63, 3.8) is 0 Å². The average Bonchev–Trinajstić information content (AvgIpc) is 2.88. The van der Waals surface area contributed by atoms with Crippen molar-refractivity contribution >= 4 is 22.8 Å². The molecule has 1 fully saturated rings. The molecule has 20 heavy (non-hydrogen) atoms. The summed E-state index contributed by atoms with van der Waals surface area (Å²) in [5.41, 5.74) is 8.71. The van der Waals surface area contributed by atoms with Crippen molar-refractivity contribution in [2.24, 2.45) is 0 Å². The van der Waals surface area contributed by atoms with Gasteiger partial charge in [-0.25, -0.2) is 4.98 Å². The van der Waals surface area contributed by atoms with Gasteiger partial charge < -0.3 is 16.4 Å². The molecule has 0 unspecified atom stereocenters. The summed E-state index contributed by atoms with van der Waals surface area (Å²) in [5, 5.41) is 7.53. The highest BCUT2D eigenvalue weighted by Crippen LogP contribution is 2.22. The fourth-order valence-electron chi connectivity index (χ4n) is 2.73. The predicted octanol–water partition coefficient (Wildman–Crippen LogP) is 1.39. The first-order valence-electron chi connectivity index (χ1n) is 7.02. The van der Waals surface area contributed by atoms with Gasteiger partial charge in [0, 0.05) is 18.3 Å². The quantitative estimate of drug-likeness (QED) is 0.782. The molecule has 2 aromatic heterocycles. The van der Waals surface area contributed by atoms with E-state index in [1.54, 1.807) is 0 Å². The van der Waals surface area contributed by atoms with Crippen LogP contribution in [-0.4, -0.2) is 34.1 Å². The third-order valence-corrected chi connectivity index (χ3v) is 3.69. The van der Waals surface area contributed by atoms with E-state index in [4.69, 9.17) is 5.73 Å². The van der Waals surface area contributed by atoms with Crippen LogP contribution in [0.1, 0.15) is 24.1 Å². The number of aryl methyl sites for hydroxylation is 2. The van der Waals surface area contributed by atoms with Gasteiger partial charge in [0.2, 0.25) is 5.95 Å². The zero-order valence-electron chi connectivity index (χ0n) is 11.9. The number of hydrogen-bond acceptors (Lipinski definition) is 6. The number of nitrogens with zero attached hydrogens (tertiary/aromatic N) is 3. The van der Waals surface area contributed by atoms with Crippen LogP contribution in [0, 0.1) is 13.8 Å². The Balaban J connectivity index is 1.88. The number of fused-ring (bicyclic) bond motifs is 1. The number of hydrogen-bond donors (Lipinski definition) is 3. The van der Waals surface area contributed by atoms with Crippen molar-refractivity contribution in [1.29, 1.82) is 0 Å². The molecule has 6 heteroatoms. The van der Waals surface area contributed by atoms with Gasteiger partial charge in [-0.15, -0.1) is 0 Å². The normalized spacial score (nSPS) is 18.6. The predicted molar refractivity (Wildman–Crippen MR) is 80.7 cm³/mol. The van der Waals surface area contributed by atoms with E-state index in [1.165, 1.54) is 12.8 Å². The summed E-state index contributed by atoms with van der Waals surface area (Å²) in [5.74, 6) is 1.04. The van der Waals surface area contributed by atoms with Gasteiger partial charge in [-0.05, 0) is 44.9 Å². The Morgan fingerprint density at radius 2 is 2.20 bits per heavy atom. The molecule has 0 bridgehead atoms. The maximum atomic E-state index is 6.04. The lowest BCUT2D eigenvalue weighted by atomic mass is 10.1. The standard InChI is InChI=1S/C14H20N6/c1-8-6-9(2)18-13-11(8)12(15)19-14(20-13)17-7-10-4-3-5-16-10/h6,10,16H,3-5,7H2,1-2H3,(H3,15,17,18,19,20)/t10-/m0/s1. The zero-order chi connectivity index (χ0) is 14.1. The number of aromatic nitrogens is 3. The van der Waals surface area contributed by atoms with Crippen molar-refractivity contribution in [2.75, 3.05) is 24.1 Å². The van der Waals surface area contributed by atoms with Gasteiger partial charge >= 0.3 is 0 Å². The Morgan fingerprint density at radius 1 is 1.35 bits per heavy atom. The van der Waals surface area contributed by atoms with Crippen molar-refractivity contribution in [3.05, 3.63) is 17.3 Å². The Morgan fingerprint density at radius 3 is 2.95 bits per heavy atom. The van der Waals surface area contributed by atoms with E-state index in [0.29, 0.717) is 23.5 Å². The Kier molecular flexibility index (Phi) is 3.40. The second-order valence-corrected chi connectivity index (χ2v) is 5.39. The molecule has 3 rings (SSSR count). The molecular formula is C14H20N6. The van der Waals surface area contributed by atoms with Gasteiger partial charge in [-0.2, -0.15) is 9.97 Å². The summed E-state index contributed by atoms with van der Waals surface area (Å²) < 4.78 is 0. The van der Waals surface area contributed by atoms with Gasteiger partial charge in [0.25, 0.3) is 0 Å². The smallest absolute Gasteiger partial charge is 0.226 e. The minimum Gasteiger partial charge on any atom is -0.383 e. The van der Waals surface area contributed by atoms with Crippen LogP contribution in [0.15, 0.2) is 6.07 Å². The summed E-state index contributed by atoms with van der Waals surface area (Å²) in [7, 11) is 0. The first-order chi connectivity index (χ1) is 9.63. The highest BCUT2D eigenvalue weighted by molar-refractivity contribution is 5.89. The summed E-state index contributed by atoms with van der Waals surface area (Å²) >= 11 is 0. The molecule has 0 saturated carbocycles. The minimum absolute atomic E-state index is 0.488. The summed E-state index contributed by atoms with van der Waals surface area (Å²) in [4.78, 5) is 13.3. The second kappa shape index (κ2) is 5.20. The number of pyridine rings is 1. The fraction of sp³-hybridized carbons (Fsp3) is 0.500. The molecule has 0 aliphatic carbocycles. The molecule has 0 spiro atoms. The maximum Gasteiger partial charge on any atom is 0.226 e. The average molecular weight is 272 g/mol. The van der Waals surface area contributed by atoms with Crippen LogP contribution in [-0.2, 0) is 0 Å². The van der Waals surface area contributed by atoms with Crippen LogP contribution >= 0.6 is 0 Å². The number of nitrogen functional groups attached to an aromatic ring is 1. The van der Waals surface area contributed by atoms with E-state index >= 15 is 0 Å². The van der Waals surface area contributed by atoms with Crippen LogP contribution in [0.2, 0.25) is 0 Å². The van der Waals surface area contributed by atoms with Gasteiger partial charge in [0.15, 0.2) is 5.65 Å². The first kappa shape index (κ1) is 13.1. The largest absolute Gasteiger partial charge is 0.383 e. The van der Waals surface area contributed by atoms with E-state index in [-0.39, 0.29) is 0 Å². The maximum absolute atomic E-state index is 6.04. The van der Waals surface area contributed by atoms with Crippen molar-refractivity contribution in [2.45, 2.75) is 32.7 Å². The molecular weight excluding hydrogens is 252 g/mol. The zero-order valence-corrected chi connectivity index (χ0v) is 11.9. The van der Waals surface area contributed by atoms with Crippen LogP contribution in [0.25, 0.3) is 11.0 Å². The lowest BCUT2D eigenvalue weighted by Gasteiger charge is -2.13. The topological polar surface area (TPSA) is 88.8 Å². The van der Waals surface area contributed by atoms with E-state index < -0.39 is 0 Å². The molecule has 4 N–H and O–H groups in total. The molecule has 106 valence electrons. The minimum atomic E-state index is 0.488. The Hall–Kier alpha value is -1.95. The van der Waals surface area contributed by atoms with Crippen LogP contribution in [0.3, 0.4) is 0 Å². The van der Waals surface area contributed by atoms with Gasteiger partial charge in [0.05, 0.1) is 5.39 Å². The van der Waals surface area contributed by atoms with Gasteiger partial charge in [-0.1, -0.05) is 0 Å². The lowest BCUT2D eigenvalue weighted by molar-refractivity contribution is 0.631. The van der Waals surface area contributed by atoms with Crippen molar-refractivity contribution < 1.29 is 0 Å². The summed E-state index contributed by atoms with van der Waals surface area (Å²) in [6.07, 6.45) is 2.42. The second-order valence-electron chi connectivity index (χ2n) is 5.39. The van der Waals surface area contributed by atoms with Crippen LogP contribution in [0.5, 0.6) is 0 Å². The molecule has 0 radical (unpaired) electrons. The highest BCUT2D eigenvalue weighted by Gasteiger charge is 2.15. The molecule has 1 atom stereocenters. The number of rotatable bonds is 3. The van der Waals surface area contributed by atoms with Gasteiger partial charge in [0.1, 0.15) is 5.82 Å². The van der Waals surface area contributed by atoms with E-state index in [9.17, 15) is 0 Å². The monoisotopic (exact) mass is 272 g/mol. The molecule has 3 heterocycles. The van der Waals surface area contributed by atoms with E-state index in [2.05, 4.69) is 25.6 Å². The molecule has 0 aromatic carbocycles. The third kappa shape index (κ3) is 2.51. The van der Waals surface area contributed by atoms with E-state index in [0.717, 1.165) is 29.7 Å². The third-order valence-electron chi connectivity index (χ3n) is 3.69. The summed E-state index contributed by atoms with van der Waals surface area (Å²) in [6.45, 7) is 5.87. The number of nitrogens with two attached hydrogens (primary N) is 1. The molecule has 1 aliphatic heterocycles. The van der Waals surface area contributed by atoms with Gasteiger partial charge in [-0.3, -0.25) is 0 Å². The summed E-state index contributed by atoms with van der Waals surface area (Å²) in [6, 6.07) is 2.49. The molecule has 1 saturated heterocycles. The number of anilines is 2. The van der Waals surface area contributed by atoms with E-state index in [1.807, 2.05) is 19.9 Å². The fourth-order valence-corrected chi connectivity index (χ4v) is 2.73. The molecule has 2 aromatic rings. The number of nitrogens with one attached hydrogen (secondary N) is 2. The van der Waals surface area contributed by atoms with Crippen molar-refractivity contribution in [3.8, 4) is 0 Å². The molecule has 1 aliphatic rings. The van der Waals surface area contributed by atoms with Crippen molar-refractivity contribution in [1.82, 2.24) is 20.3 Å². The molecule has 0 amide bonds. The van der Waals surface area contributed by atoms with Crippen LogP contribution < -0.4 is 16.4 Å². The SMILES string of the molecule is Cc1cc(C)c2c(N)nc(NC[C@@H]3CCCN3)nc2n1. The van der Waals surface area contributed by atoms with Crippen LogP contribution in [0.4, 0.5) is 11.8 Å². The highest BCUT2D eigenvalue weighted by atomic mass is 15.1. The molecule has 6 nitrogen and oxygen atoms in total.